The summed E-state index contributed by atoms with van der Waals surface area (Å²) in [5, 5.41) is 20.5. The molecule has 1 aromatic carbocycles. The largest absolute Gasteiger partial charge is 0.391 e. The first kappa shape index (κ1) is 17.6. The summed E-state index contributed by atoms with van der Waals surface area (Å²) in [6.07, 6.45) is 2.08. The second-order valence-electron chi connectivity index (χ2n) is 6.67. The maximum Gasteiger partial charge on any atom is 0.293 e. The number of anilines is 1. The van der Waals surface area contributed by atoms with Crippen molar-refractivity contribution in [1.29, 1.82) is 0 Å². The van der Waals surface area contributed by atoms with Crippen molar-refractivity contribution in [3.05, 3.63) is 33.9 Å². The maximum absolute atomic E-state index is 12.7. The smallest absolute Gasteiger partial charge is 0.293 e. The molecule has 0 atom stereocenters. The number of aliphatic hydroxyl groups is 1. The van der Waals surface area contributed by atoms with Crippen LogP contribution in [-0.2, 0) is 0 Å². The van der Waals surface area contributed by atoms with Crippen LogP contribution < -0.4 is 9.80 Å². The minimum absolute atomic E-state index is 0.0114. The Hall–Kier alpha value is -2.19. The van der Waals surface area contributed by atoms with Crippen LogP contribution >= 0.6 is 0 Å². The monoisotopic (exact) mass is 349 g/mol. The van der Waals surface area contributed by atoms with Gasteiger partial charge in [-0.1, -0.05) is 0 Å². The number of hydrogen-bond acceptors (Lipinski definition) is 5. The van der Waals surface area contributed by atoms with Gasteiger partial charge in [0.1, 0.15) is 12.2 Å². The number of nitro groups is 1. The lowest BCUT2D eigenvalue weighted by atomic mass is 10.1. The number of hydrogen-bond donors (Lipinski definition) is 2. The predicted octanol–water partition coefficient (Wildman–Crippen LogP) is -0.472. The maximum atomic E-state index is 12.7. The standard InChI is InChI=1S/C17H24N4O4/c22-12-11-18-7-9-20(10-8-18)17(23)14-3-4-15(16(13-14)21(24)25)19-5-1-2-6-19/h3-4,13,22H,1-2,5-12H2/p+1. The zero-order valence-corrected chi connectivity index (χ0v) is 14.3. The third-order valence-electron chi connectivity index (χ3n) is 5.09. The molecule has 1 aromatic rings. The van der Waals surface area contributed by atoms with Gasteiger partial charge in [-0.3, -0.25) is 14.9 Å². The molecule has 0 radical (unpaired) electrons. The number of nitro benzene ring substituents is 1. The molecule has 0 spiro atoms. The Morgan fingerprint density at radius 1 is 1.20 bits per heavy atom. The molecule has 2 saturated heterocycles. The SMILES string of the molecule is O=C(c1ccc(N2CCCC2)c([N+](=O)[O-])c1)N1CC[NH+](CCO)CC1. The molecule has 0 unspecified atom stereocenters. The van der Waals surface area contributed by atoms with E-state index in [1.807, 2.05) is 4.90 Å². The zero-order chi connectivity index (χ0) is 17.8. The minimum Gasteiger partial charge on any atom is -0.391 e. The summed E-state index contributed by atoms with van der Waals surface area (Å²) in [5.74, 6) is -0.154. The average Bonchev–Trinajstić information content (AvgIpc) is 3.16. The molecule has 25 heavy (non-hydrogen) atoms. The van der Waals surface area contributed by atoms with Gasteiger partial charge in [0.25, 0.3) is 11.6 Å². The van der Waals surface area contributed by atoms with E-state index < -0.39 is 4.92 Å². The topological polar surface area (TPSA) is 91.4 Å². The first-order chi connectivity index (χ1) is 12.1. The van der Waals surface area contributed by atoms with Gasteiger partial charge in [-0.05, 0) is 25.0 Å². The van der Waals surface area contributed by atoms with Crippen molar-refractivity contribution < 1.29 is 19.7 Å². The fraction of sp³-hybridized carbons (Fsp3) is 0.588. The zero-order valence-electron chi connectivity index (χ0n) is 14.3. The Morgan fingerprint density at radius 2 is 1.88 bits per heavy atom. The van der Waals surface area contributed by atoms with E-state index >= 15 is 0 Å². The third-order valence-corrected chi connectivity index (χ3v) is 5.09. The van der Waals surface area contributed by atoms with Crippen LogP contribution in [0.4, 0.5) is 11.4 Å². The summed E-state index contributed by atoms with van der Waals surface area (Å²) in [5.41, 5.74) is 0.994. The first-order valence-electron chi connectivity index (χ1n) is 8.87. The number of nitrogens with zero attached hydrogens (tertiary/aromatic N) is 3. The van der Waals surface area contributed by atoms with E-state index in [2.05, 4.69) is 0 Å². The molecule has 2 heterocycles. The Bertz CT molecular complexity index is 638. The highest BCUT2D eigenvalue weighted by Crippen LogP contribution is 2.32. The molecule has 1 amide bonds. The van der Waals surface area contributed by atoms with Crippen LogP contribution in [0.2, 0.25) is 0 Å². The van der Waals surface area contributed by atoms with Crippen molar-refractivity contribution >= 4 is 17.3 Å². The van der Waals surface area contributed by atoms with Gasteiger partial charge in [-0.2, -0.15) is 0 Å². The van der Waals surface area contributed by atoms with Crippen molar-refractivity contribution in [2.75, 3.05) is 57.3 Å². The molecule has 8 heteroatoms. The molecule has 3 rings (SSSR count). The highest BCUT2D eigenvalue weighted by Gasteiger charge is 2.27. The fourth-order valence-corrected chi connectivity index (χ4v) is 3.64. The minimum atomic E-state index is -0.395. The highest BCUT2D eigenvalue weighted by atomic mass is 16.6. The quantitative estimate of drug-likeness (QED) is 0.554. The molecule has 2 fully saturated rings. The van der Waals surface area contributed by atoms with Crippen molar-refractivity contribution in [3.8, 4) is 0 Å². The molecule has 2 N–H and O–H groups in total. The highest BCUT2D eigenvalue weighted by molar-refractivity contribution is 5.95. The van der Waals surface area contributed by atoms with Gasteiger partial charge in [0, 0.05) is 24.7 Å². The Morgan fingerprint density at radius 3 is 2.48 bits per heavy atom. The summed E-state index contributed by atoms with van der Waals surface area (Å²) < 4.78 is 0. The molecular weight excluding hydrogens is 324 g/mol. The molecule has 8 nitrogen and oxygen atoms in total. The molecule has 0 bridgehead atoms. The van der Waals surface area contributed by atoms with Crippen LogP contribution in [0.5, 0.6) is 0 Å². The van der Waals surface area contributed by atoms with Gasteiger partial charge in [0.05, 0.1) is 37.7 Å². The van der Waals surface area contributed by atoms with Crippen molar-refractivity contribution in [3.63, 3.8) is 0 Å². The Balaban J connectivity index is 1.75. The van der Waals surface area contributed by atoms with Gasteiger partial charge in [-0.15, -0.1) is 0 Å². The van der Waals surface area contributed by atoms with E-state index in [4.69, 9.17) is 5.11 Å². The van der Waals surface area contributed by atoms with E-state index in [9.17, 15) is 14.9 Å². The molecule has 2 aliphatic heterocycles. The van der Waals surface area contributed by atoms with Crippen LogP contribution in [-0.4, -0.2) is 73.3 Å². The van der Waals surface area contributed by atoms with Crippen molar-refractivity contribution in [2.24, 2.45) is 0 Å². The number of rotatable bonds is 5. The van der Waals surface area contributed by atoms with Crippen LogP contribution in [0.15, 0.2) is 18.2 Å². The summed E-state index contributed by atoms with van der Waals surface area (Å²) in [4.78, 5) is 28.8. The Kier molecular flexibility index (Phi) is 5.50. The van der Waals surface area contributed by atoms with E-state index in [1.54, 1.807) is 17.0 Å². The van der Waals surface area contributed by atoms with Gasteiger partial charge < -0.3 is 19.8 Å². The predicted molar refractivity (Wildman–Crippen MR) is 93.1 cm³/mol. The van der Waals surface area contributed by atoms with Crippen molar-refractivity contribution in [2.45, 2.75) is 12.8 Å². The number of benzene rings is 1. The number of nitrogens with one attached hydrogen (secondary N) is 1. The number of amides is 1. The van der Waals surface area contributed by atoms with Gasteiger partial charge in [-0.25, -0.2) is 0 Å². The molecular formula is C17H25N4O4+. The number of carbonyl (C=O) groups excluding carboxylic acids is 1. The molecule has 136 valence electrons. The van der Waals surface area contributed by atoms with Crippen molar-refractivity contribution in [1.82, 2.24) is 4.90 Å². The van der Waals surface area contributed by atoms with E-state index in [1.165, 1.54) is 11.0 Å². The number of aliphatic hydroxyl groups excluding tert-OH is 1. The number of carbonyl (C=O) groups is 1. The lowest BCUT2D eigenvalue weighted by Gasteiger charge is -2.32. The number of piperazine rings is 1. The molecule has 0 aliphatic carbocycles. The second-order valence-corrected chi connectivity index (χ2v) is 6.67. The molecule has 2 aliphatic rings. The first-order valence-corrected chi connectivity index (χ1v) is 8.87. The summed E-state index contributed by atoms with van der Waals surface area (Å²) >= 11 is 0. The van der Waals surface area contributed by atoms with Gasteiger partial charge in [0.15, 0.2) is 0 Å². The molecule has 0 aromatic heterocycles. The van der Waals surface area contributed by atoms with E-state index in [0.717, 1.165) is 39.0 Å². The van der Waals surface area contributed by atoms with Gasteiger partial charge in [0.2, 0.25) is 0 Å². The van der Waals surface area contributed by atoms with Crippen LogP contribution in [0.3, 0.4) is 0 Å². The molecule has 0 saturated carbocycles. The van der Waals surface area contributed by atoms with Crippen LogP contribution in [0.1, 0.15) is 23.2 Å². The fourth-order valence-electron chi connectivity index (χ4n) is 3.64. The normalized spacial score (nSPS) is 18.6. The lowest BCUT2D eigenvalue weighted by Crippen LogP contribution is -3.15. The van der Waals surface area contributed by atoms with E-state index in [-0.39, 0.29) is 18.2 Å². The number of quaternary nitrogens is 1. The summed E-state index contributed by atoms with van der Waals surface area (Å²) in [7, 11) is 0. The Labute approximate surface area is 146 Å². The van der Waals surface area contributed by atoms with Crippen LogP contribution in [0.25, 0.3) is 0 Å². The van der Waals surface area contributed by atoms with Gasteiger partial charge >= 0.3 is 0 Å². The lowest BCUT2D eigenvalue weighted by molar-refractivity contribution is -0.904. The summed E-state index contributed by atoms with van der Waals surface area (Å²) in [6, 6.07) is 4.84. The third kappa shape index (κ3) is 3.91. The average molecular weight is 349 g/mol. The summed E-state index contributed by atoms with van der Waals surface area (Å²) in [6.45, 7) is 5.28. The van der Waals surface area contributed by atoms with E-state index in [0.29, 0.717) is 30.9 Å². The second kappa shape index (κ2) is 7.79. The van der Waals surface area contributed by atoms with Crippen LogP contribution in [0, 0.1) is 10.1 Å².